The summed E-state index contributed by atoms with van der Waals surface area (Å²) < 4.78 is 0. The largest absolute Gasteiger partial charge is 0.114 e. The van der Waals surface area contributed by atoms with Crippen LogP contribution in [-0.4, -0.2) is 0 Å². The van der Waals surface area contributed by atoms with Gasteiger partial charge in [0.05, 0.1) is 4.87 Å². The first-order chi connectivity index (χ1) is 12.0. The first kappa shape index (κ1) is 22.6. The Balaban J connectivity index is 2.19. The molecule has 0 radical (unpaired) electrons. The minimum atomic E-state index is -0.225. The fourth-order valence-electron chi connectivity index (χ4n) is 3.69. The average molecular weight is 365 g/mol. The van der Waals surface area contributed by atoms with Crippen LogP contribution in [0.1, 0.15) is 115 Å². The van der Waals surface area contributed by atoms with E-state index in [4.69, 9.17) is 11.6 Å². The maximum absolute atomic E-state index is 6.70. The monoisotopic (exact) mass is 364 g/mol. The lowest BCUT2D eigenvalue weighted by Gasteiger charge is -2.24. The number of halogens is 1. The third-order valence-corrected chi connectivity index (χ3v) is 6.19. The van der Waals surface area contributed by atoms with Gasteiger partial charge in [-0.25, -0.2) is 0 Å². The van der Waals surface area contributed by atoms with Crippen molar-refractivity contribution in [3.63, 3.8) is 0 Å². The van der Waals surface area contributed by atoms with E-state index in [2.05, 4.69) is 45.9 Å². The molecule has 0 saturated heterocycles. The van der Waals surface area contributed by atoms with Crippen LogP contribution in [0.4, 0.5) is 0 Å². The van der Waals surface area contributed by atoms with E-state index < -0.39 is 0 Å². The van der Waals surface area contributed by atoms with Crippen molar-refractivity contribution < 1.29 is 0 Å². The summed E-state index contributed by atoms with van der Waals surface area (Å²) in [5.41, 5.74) is 4.22. The lowest BCUT2D eigenvalue weighted by molar-refractivity contribution is 0.549. The Kier molecular flexibility index (Phi) is 11.5. The topological polar surface area (TPSA) is 0 Å². The highest BCUT2D eigenvalue weighted by atomic mass is 35.5. The molecule has 0 aromatic heterocycles. The molecule has 0 N–H and O–H groups in total. The number of benzene rings is 1. The predicted octanol–water partition coefficient (Wildman–Crippen LogP) is 8.71. The van der Waals surface area contributed by atoms with Crippen LogP contribution in [0, 0.1) is 6.92 Å². The van der Waals surface area contributed by atoms with Gasteiger partial charge in [0.2, 0.25) is 0 Å². The number of hydrogen-bond acceptors (Lipinski definition) is 0. The summed E-state index contributed by atoms with van der Waals surface area (Å²) in [7, 11) is 0. The smallest absolute Gasteiger partial charge is 0.0666 e. The van der Waals surface area contributed by atoms with Gasteiger partial charge in [-0.15, -0.1) is 11.6 Å². The molecule has 1 heteroatoms. The Morgan fingerprint density at radius 2 is 1.32 bits per heavy atom. The molecular formula is C24H41Cl. The summed E-state index contributed by atoms with van der Waals surface area (Å²) in [5.74, 6) is 0. The van der Waals surface area contributed by atoms with Gasteiger partial charge < -0.3 is 0 Å². The van der Waals surface area contributed by atoms with Crippen LogP contribution < -0.4 is 0 Å². The van der Waals surface area contributed by atoms with Gasteiger partial charge in [-0.3, -0.25) is 0 Å². The molecule has 25 heavy (non-hydrogen) atoms. The minimum absolute atomic E-state index is 0.225. The molecule has 1 aromatic carbocycles. The van der Waals surface area contributed by atoms with Gasteiger partial charge in [-0.2, -0.15) is 0 Å². The van der Waals surface area contributed by atoms with Gasteiger partial charge in [0.15, 0.2) is 0 Å². The van der Waals surface area contributed by atoms with Crippen molar-refractivity contribution in [1.29, 1.82) is 0 Å². The van der Waals surface area contributed by atoms with Crippen molar-refractivity contribution in [2.45, 2.75) is 116 Å². The maximum atomic E-state index is 6.70. The molecular weight excluding hydrogens is 324 g/mol. The molecule has 0 fully saturated rings. The van der Waals surface area contributed by atoms with Crippen LogP contribution in [0.3, 0.4) is 0 Å². The Morgan fingerprint density at radius 1 is 0.800 bits per heavy atom. The Labute approximate surface area is 162 Å². The van der Waals surface area contributed by atoms with Crippen molar-refractivity contribution >= 4 is 11.6 Å². The van der Waals surface area contributed by atoms with Crippen molar-refractivity contribution in [1.82, 2.24) is 0 Å². The zero-order valence-corrected chi connectivity index (χ0v) is 18.1. The van der Waals surface area contributed by atoms with E-state index in [-0.39, 0.29) is 4.87 Å². The summed E-state index contributed by atoms with van der Waals surface area (Å²) in [6.07, 6.45) is 17.6. The molecule has 1 aromatic rings. The number of unbranched alkanes of at least 4 members (excludes halogenated alkanes) is 10. The summed E-state index contributed by atoms with van der Waals surface area (Å²) in [6, 6.07) is 6.68. The van der Waals surface area contributed by atoms with E-state index in [1.165, 1.54) is 93.7 Å². The van der Waals surface area contributed by atoms with E-state index >= 15 is 0 Å². The van der Waals surface area contributed by atoms with Crippen LogP contribution >= 0.6 is 11.6 Å². The van der Waals surface area contributed by atoms with Crippen LogP contribution in [0.25, 0.3) is 0 Å². The summed E-state index contributed by atoms with van der Waals surface area (Å²) in [6.45, 7) is 8.85. The summed E-state index contributed by atoms with van der Waals surface area (Å²) in [5, 5.41) is 0. The molecule has 144 valence electrons. The zero-order chi connectivity index (χ0) is 18.5. The lowest BCUT2D eigenvalue weighted by atomic mass is 9.89. The van der Waals surface area contributed by atoms with Crippen molar-refractivity contribution in [2.24, 2.45) is 0 Å². The molecule has 0 bridgehead atoms. The molecule has 0 aliphatic heterocycles. The molecule has 0 nitrogen and oxygen atoms in total. The fourth-order valence-corrected chi connectivity index (χ4v) is 3.89. The Bertz CT molecular complexity index is 461. The van der Waals surface area contributed by atoms with Crippen molar-refractivity contribution in [3.05, 3.63) is 34.9 Å². The highest BCUT2D eigenvalue weighted by Crippen LogP contribution is 2.35. The second-order valence-corrected chi connectivity index (χ2v) is 8.76. The summed E-state index contributed by atoms with van der Waals surface area (Å²) in [4.78, 5) is -0.225. The van der Waals surface area contributed by atoms with Crippen LogP contribution in [0.2, 0.25) is 0 Å². The fraction of sp³-hybridized carbons (Fsp3) is 0.750. The number of hydrogen-bond donors (Lipinski definition) is 0. The number of aryl methyl sites for hydroxylation is 1. The molecule has 0 aliphatic rings. The lowest BCUT2D eigenvalue weighted by Crippen LogP contribution is -2.14. The second kappa shape index (κ2) is 12.8. The van der Waals surface area contributed by atoms with Gasteiger partial charge in [-0.05, 0) is 49.8 Å². The van der Waals surface area contributed by atoms with Gasteiger partial charge in [0.25, 0.3) is 0 Å². The van der Waals surface area contributed by atoms with E-state index in [0.717, 1.165) is 6.42 Å². The number of rotatable bonds is 14. The van der Waals surface area contributed by atoms with E-state index in [1.807, 2.05) is 0 Å². The third-order valence-electron chi connectivity index (χ3n) is 5.72. The first-order valence-corrected chi connectivity index (χ1v) is 11.2. The first-order valence-electron chi connectivity index (χ1n) is 10.8. The SMILES string of the molecule is CCCCCCCCCCCCCc1cccc(C(C)(Cl)CC)c1C. The Hall–Kier alpha value is -0.490. The van der Waals surface area contributed by atoms with Crippen LogP contribution in [0.5, 0.6) is 0 Å². The molecule has 0 aliphatic carbocycles. The van der Waals surface area contributed by atoms with Crippen LogP contribution in [-0.2, 0) is 11.3 Å². The molecule has 1 atom stereocenters. The minimum Gasteiger partial charge on any atom is -0.114 e. The molecule has 1 unspecified atom stereocenters. The predicted molar refractivity (Wildman–Crippen MR) is 115 cm³/mol. The summed E-state index contributed by atoms with van der Waals surface area (Å²) >= 11 is 6.70. The highest BCUT2D eigenvalue weighted by molar-refractivity contribution is 6.23. The molecule has 0 amide bonds. The van der Waals surface area contributed by atoms with Crippen molar-refractivity contribution in [2.75, 3.05) is 0 Å². The second-order valence-electron chi connectivity index (χ2n) is 7.93. The van der Waals surface area contributed by atoms with E-state index in [9.17, 15) is 0 Å². The van der Waals surface area contributed by atoms with Gasteiger partial charge in [0, 0.05) is 0 Å². The standard InChI is InChI=1S/C24H41Cl/c1-5-7-8-9-10-11-12-13-14-15-16-18-22-19-17-20-23(21(22)3)24(4,25)6-2/h17,19-20H,5-16,18H2,1-4H3. The van der Waals surface area contributed by atoms with Crippen molar-refractivity contribution in [3.8, 4) is 0 Å². The van der Waals surface area contributed by atoms with E-state index in [0.29, 0.717) is 0 Å². The van der Waals surface area contributed by atoms with Gasteiger partial charge in [-0.1, -0.05) is 96.3 Å². The molecule has 1 rings (SSSR count). The zero-order valence-electron chi connectivity index (χ0n) is 17.3. The molecule has 0 heterocycles. The van der Waals surface area contributed by atoms with Crippen LogP contribution in [0.15, 0.2) is 18.2 Å². The van der Waals surface area contributed by atoms with Gasteiger partial charge in [0.1, 0.15) is 0 Å². The third kappa shape index (κ3) is 8.63. The highest BCUT2D eigenvalue weighted by Gasteiger charge is 2.23. The average Bonchev–Trinajstić information content (AvgIpc) is 2.60. The van der Waals surface area contributed by atoms with Gasteiger partial charge >= 0.3 is 0 Å². The normalized spacial score (nSPS) is 13.8. The number of alkyl halides is 1. The molecule has 0 saturated carbocycles. The quantitative estimate of drug-likeness (QED) is 0.228. The molecule has 0 spiro atoms. The maximum Gasteiger partial charge on any atom is 0.0666 e. The Morgan fingerprint density at radius 3 is 1.84 bits per heavy atom. The van der Waals surface area contributed by atoms with E-state index in [1.54, 1.807) is 0 Å².